The molecule has 0 unspecified atom stereocenters. The molecular formula is C67H96N2NiO8. The third kappa shape index (κ3) is 30.5. The molecule has 0 fully saturated rings. The van der Waals surface area contributed by atoms with E-state index in [0.29, 0.717) is 11.1 Å². The van der Waals surface area contributed by atoms with Crippen molar-refractivity contribution in [1.82, 2.24) is 0 Å². The minimum Gasteiger partial charge on any atom is -0.869 e. The molecule has 4 N–H and O–H groups in total. The molecule has 0 saturated carbocycles. The molecule has 4 aromatic carbocycles. The molecule has 0 saturated heterocycles. The van der Waals surface area contributed by atoms with Gasteiger partial charge in [0.1, 0.15) is 17.2 Å². The second kappa shape index (κ2) is 42.4. The van der Waals surface area contributed by atoms with Crippen molar-refractivity contribution in [1.29, 1.82) is 0 Å². The van der Waals surface area contributed by atoms with Crippen molar-refractivity contribution < 1.29 is 56.7 Å². The topological polar surface area (TPSA) is 186 Å². The third-order valence-corrected chi connectivity index (χ3v) is 13.7. The Morgan fingerprint density at radius 2 is 0.756 bits per heavy atom. The number of benzene rings is 4. The molecule has 0 heterocycles. The number of aryl methyl sites for hydroxylation is 6. The van der Waals surface area contributed by atoms with Crippen LogP contribution in [0.25, 0.3) is 0 Å². The summed E-state index contributed by atoms with van der Waals surface area (Å²) in [5.74, 6) is 1.66. The molecular weight excluding hydrogens is 1020 g/mol. The summed E-state index contributed by atoms with van der Waals surface area (Å²) in [7, 11) is 0. The number of aromatic carboxylic acids is 2. The number of nitrogens with zero attached hydrogens (tertiary/aromatic N) is 2. The number of hydrogen-bond acceptors (Lipinski definition) is 8. The molecule has 0 aliphatic rings. The molecule has 0 aliphatic heterocycles. The van der Waals surface area contributed by atoms with Gasteiger partial charge in [0.15, 0.2) is 0 Å². The van der Waals surface area contributed by atoms with Gasteiger partial charge in [0.05, 0.1) is 28.2 Å². The number of unbranched alkanes of at least 4 members (excludes halogenated alkanes) is 26. The minimum atomic E-state index is -1.31. The van der Waals surface area contributed by atoms with Gasteiger partial charge in [0, 0.05) is 6.42 Å². The van der Waals surface area contributed by atoms with Crippen LogP contribution < -0.4 is 10.2 Å². The maximum Gasteiger partial charge on any atom is 2.00 e. The van der Waals surface area contributed by atoms with E-state index in [-0.39, 0.29) is 27.6 Å². The number of carboxylic acids is 2. The van der Waals surface area contributed by atoms with Crippen LogP contribution in [-0.4, -0.2) is 43.8 Å². The van der Waals surface area contributed by atoms with Crippen molar-refractivity contribution in [2.24, 2.45) is 9.98 Å². The number of phenols is 2. The number of aromatic hydroxyl groups is 2. The maximum absolute atomic E-state index is 11.0. The Morgan fingerprint density at radius 1 is 0.449 bits per heavy atom. The van der Waals surface area contributed by atoms with Gasteiger partial charge in [-0.1, -0.05) is 216 Å². The standard InChI is InChI=1S/C51H82N2.2C8H8O4.Ni/c1-7-9-11-12-13-14-15-16-17-18-19-20-21-22-23-24-25-26-27-28-29-30-31-32-33-34-35-37-51(53-49-42-46(5)39-47(6)43-49)50(36-10-8-2)52-48-40-44(3)38-45(4)41-48;2*1-4-2-3-5(9)7(10)6(4)8(11)12;/h38-43H,7-34,36H2,1-6H3;2*2-3,9-10H,1H3,(H,11,12);/q;;;+2/p-2. The van der Waals surface area contributed by atoms with E-state index in [1.54, 1.807) is 0 Å². The smallest absolute Gasteiger partial charge is 0.869 e. The number of phenolic OH excluding ortho intramolecular Hbond substituents is 2. The summed E-state index contributed by atoms with van der Waals surface area (Å²) in [6.45, 7) is 16.1. The van der Waals surface area contributed by atoms with Crippen LogP contribution in [0.1, 0.15) is 254 Å². The molecule has 11 heteroatoms. The molecule has 0 amide bonds. The first-order valence-electron chi connectivity index (χ1n) is 29.3. The van der Waals surface area contributed by atoms with Crippen LogP contribution in [0.4, 0.5) is 11.4 Å². The second-order valence-corrected chi connectivity index (χ2v) is 21.2. The number of carbonyl (C=O) groups is 2. The normalized spacial score (nSPS) is 11.1. The van der Waals surface area contributed by atoms with Gasteiger partial charge in [-0.3, -0.25) is 4.99 Å². The molecule has 0 bridgehead atoms. The Morgan fingerprint density at radius 3 is 1.06 bits per heavy atom. The largest absolute Gasteiger partial charge is 2.00 e. The van der Waals surface area contributed by atoms with E-state index in [4.69, 9.17) is 30.4 Å². The first kappa shape index (κ1) is 70.4. The van der Waals surface area contributed by atoms with Crippen molar-refractivity contribution >= 4 is 34.7 Å². The van der Waals surface area contributed by atoms with E-state index in [0.717, 1.165) is 48.5 Å². The van der Waals surface area contributed by atoms with E-state index in [2.05, 4.69) is 89.8 Å². The molecule has 0 radical (unpaired) electrons. The predicted molar refractivity (Wildman–Crippen MR) is 318 cm³/mol. The minimum absolute atomic E-state index is 0. The average molecular weight is 1120 g/mol. The molecule has 0 aliphatic carbocycles. The molecule has 432 valence electrons. The summed E-state index contributed by atoms with van der Waals surface area (Å²) in [5, 5.41) is 56.9. The van der Waals surface area contributed by atoms with Gasteiger partial charge in [-0.25, -0.2) is 14.6 Å². The molecule has 4 rings (SSSR count). The number of carboxylic acid groups (broad SMARTS) is 2. The fourth-order valence-corrected chi connectivity index (χ4v) is 9.42. The van der Waals surface area contributed by atoms with Crippen molar-refractivity contribution in [3.05, 3.63) is 105 Å². The Kier molecular flexibility index (Phi) is 38.3. The Labute approximate surface area is 480 Å². The van der Waals surface area contributed by atoms with E-state index in [9.17, 15) is 19.8 Å². The Balaban J connectivity index is 0.000000984. The number of aliphatic imine (C=N–C) groups is 2. The summed E-state index contributed by atoms with van der Waals surface area (Å²) in [6.07, 6.45) is 39.6. The molecule has 78 heavy (non-hydrogen) atoms. The van der Waals surface area contributed by atoms with Crippen LogP contribution >= 0.6 is 0 Å². The van der Waals surface area contributed by atoms with Crippen molar-refractivity contribution in [2.45, 2.75) is 242 Å². The summed E-state index contributed by atoms with van der Waals surface area (Å²) >= 11 is 0. The maximum atomic E-state index is 11.0. The first-order chi connectivity index (χ1) is 37.0. The quantitative estimate of drug-likeness (QED) is 0.0157. The van der Waals surface area contributed by atoms with Gasteiger partial charge >= 0.3 is 28.4 Å². The van der Waals surface area contributed by atoms with Gasteiger partial charge in [0.2, 0.25) is 0 Å². The predicted octanol–water partition coefficient (Wildman–Crippen LogP) is 18.1. The van der Waals surface area contributed by atoms with Crippen LogP contribution in [0.15, 0.2) is 70.6 Å². The zero-order chi connectivity index (χ0) is 56.8. The SMILES string of the molecule is CCCCCCCCCCCCCCCCCCCCCCCCCCCC#CC(=Nc1cc(C)cc(C)c1)C(CCCC)=Nc1cc(C)cc(C)c1.Cc1ccc(O)c([O-])c1C(=O)O.Cc1ccc(O)c([O-])c1C(=O)O.[Ni+2]. The van der Waals surface area contributed by atoms with Crippen molar-refractivity contribution in [3.63, 3.8) is 0 Å². The van der Waals surface area contributed by atoms with Gasteiger partial charge in [-0.15, -0.1) is 0 Å². The van der Waals surface area contributed by atoms with Crippen LogP contribution in [0.3, 0.4) is 0 Å². The van der Waals surface area contributed by atoms with Crippen LogP contribution in [0.2, 0.25) is 0 Å². The molecule has 0 atom stereocenters. The Hall–Kier alpha value is -5.59. The summed E-state index contributed by atoms with van der Waals surface area (Å²) in [4.78, 5) is 31.2. The Bertz CT molecular complexity index is 2380. The average Bonchev–Trinajstić information content (AvgIpc) is 3.37. The zero-order valence-corrected chi connectivity index (χ0v) is 49.9. The second-order valence-electron chi connectivity index (χ2n) is 21.2. The van der Waals surface area contributed by atoms with Crippen molar-refractivity contribution in [3.8, 4) is 34.8 Å². The van der Waals surface area contributed by atoms with Gasteiger partial charge in [0.25, 0.3) is 0 Å². The van der Waals surface area contributed by atoms with Crippen molar-refractivity contribution in [2.75, 3.05) is 0 Å². The fourth-order valence-electron chi connectivity index (χ4n) is 9.42. The third-order valence-electron chi connectivity index (χ3n) is 13.7. The van der Waals surface area contributed by atoms with E-state index < -0.39 is 34.9 Å². The molecule has 0 spiro atoms. The number of rotatable bonds is 33. The van der Waals surface area contributed by atoms with Crippen LogP contribution in [0, 0.1) is 53.4 Å². The molecule has 4 aromatic rings. The molecule has 10 nitrogen and oxygen atoms in total. The molecule has 0 aromatic heterocycles. The van der Waals surface area contributed by atoms with Crippen LogP contribution in [0.5, 0.6) is 23.0 Å². The summed E-state index contributed by atoms with van der Waals surface area (Å²) in [5.41, 5.74) is 8.73. The van der Waals surface area contributed by atoms with Gasteiger partial charge in [-0.2, -0.15) is 0 Å². The fraction of sp³-hybridized carbons (Fsp3) is 0.552. The first-order valence-corrected chi connectivity index (χ1v) is 29.3. The van der Waals surface area contributed by atoms with Gasteiger partial charge < -0.3 is 30.6 Å². The van der Waals surface area contributed by atoms with E-state index >= 15 is 0 Å². The monoisotopic (exact) mass is 1110 g/mol. The van der Waals surface area contributed by atoms with E-state index in [1.165, 1.54) is 221 Å². The number of hydrogen-bond donors (Lipinski definition) is 4. The summed E-state index contributed by atoms with van der Waals surface area (Å²) < 4.78 is 0. The summed E-state index contributed by atoms with van der Waals surface area (Å²) in [6, 6.07) is 18.2. The van der Waals surface area contributed by atoms with Gasteiger partial charge in [-0.05, 0) is 137 Å². The van der Waals surface area contributed by atoms with E-state index in [1.807, 2.05) is 0 Å². The van der Waals surface area contributed by atoms with Crippen LogP contribution in [-0.2, 0) is 16.5 Å². The zero-order valence-electron chi connectivity index (χ0n) is 48.9.